The third-order valence-corrected chi connectivity index (χ3v) is 4.03. The van der Waals surface area contributed by atoms with Crippen LogP contribution < -0.4 is 10.1 Å². The minimum Gasteiger partial charge on any atom is -0.405 e. The predicted octanol–water partition coefficient (Wildman–Crippen LogP) is 3.06. The Hall–Kier alpha value is -1.47. The molecule has 3 rings (SSSR count). The van der Waals surface area contributed by atoms with Crippen molar-refractivity contribution in [1.82, 2.24) is 10.2 Å². The number of piperazine rings is 1. The number of nitrogens with one attached hydrogen (secondary N) is 1. The van der Waals surface area contributed by atoms with Crippen molar-refractivity contribution in [3.05, 3.63) is 28.8 Å². The van der Waals surface area contributed by atoms with Crippen LogP contribution in [0.1, 0.15) is 40.9 Å². The first-order valence-electron chi connectivity index (χ1n) is 7.35. The fraction of sp³-hybridized carbons (Fsp3) is 0.533. The van der Waals surface area contributed by atoms with E-state index in [1.165, 1.54) is 6.07 Å². The Bertz CT molecular complexity index is 607. The maximum Gasteiger partial charge on any atom is 0.573 e. The number of amides is 1. The Kier molecular flexibility index (Phi) is 5.10. The summed E-state index contributed by atoms with van der Waals surface area (Å²) in [5, 5.41) is 3.18. The Balaban J connectivity index is 0.00000192. The van der Waals surface area contributed by atoms with E-state index in [9.17, 15) is 18.0 Å². The van der Waals surface area contributed by atoms with Gasteiger partial charge in [0.2, 0.25) is 0 Å². The monoisotopic (exact) mass is 350 g/mol. The van der Waals surface area contributed by atoms with E-state index >= 15 is 0 Å². The molecule has 0 aliphatic carbocycles. The van der Waals surface area contributed by atoms with Gasteiger partial charge in [-0.1, -0.05) is 19.4 Å². The normalized spacial score (nSPS) is 19.9. The molecule has 1 amide bonds. The van der Waals surface area contributed by atoms with Gasteiger partial charge in [-0.05, 0) is 23.6 Å². The number of alkyl halides is 3. The fourth-order valence-electron chi connectivity index (χ4n) is 3.20. The van der Waals surface area contributed by atoms with Gasteiger partial charge in [-0.25, -0.2) is 0 Å². The van der Waals surface area contributed by atoms with E-state index in [0.717, 1.165) is 12.0 Å². The highest BCUT2D eigenvalue weighted by Gasteiger charge is 2.42. The fourth-order valence-corrected chi connectivity index (χ4v) is 3.20. The number of carbonyl (C=O) groups is 1. The first-order valence-corrected chi connectivity index (χ1v) is 7.35. The Labute approximate surface area is 138 Å². The van der Waals surface area contributed by atoms with Crippen LogP contribution in [0.5, 0.6) is 5.75 Å². The second-order valence-electron chi connectivity index (χ2n) is 5.57. The van der Waals surface area contributed by atoms with Crippen LogP contribution in [0.4, 0.5) is 13.2 Å². The van der Waals surface area contributed by atoms with Gasteiger partial charge in [0, 0.05) is 19.6 Å². The number of hydrogen-bond acceptors (Lipinski definition) is 3. The van der Waals surface area contributed by atoms with Gasteiger partial charge in [-0.15, -0.1) is 25.6 Å². The Morgan fingerprint density at radius 1 is 1.39 bits per heavy atom. The summed E-state index contributed by atoms with van der Waals surface area (Å²) in [5.41, 5.74) is 1.47. The quantitative estimate of drug-likeness (QED) is 0.911. The lowest BCUT2D eigenvalue weighted by atomic mass is 9.98. The summed E-state index contributed by atoms with van der Waals surface area (Å²) >= 11 is 0. The molecule has 1 fully saturated rings. The molecule has 0 aromatic heterocycles. The van der Waals surface area contributed by atoms with Crippen molar-refractivity contribution in [1.29, 1.82) is 0 Å². The number of carbonyl (C=O) groups excluding carboxylic acids is 1. The molecule has 0 unspecified atom stereocenters. The first kappa shape index (κ1) is 17.9. The van der Waals surface area contributed by atoms with Gasteiger partial charge in [-0.3, -0.25) is 4.79 Å². The van der Waals surface area contributed by atoms with Gasteiger partial charge in [0.25, 0.3) is 5.91 Å². The van der Waals surface area contributed by atoms with Gasteiger partial charge in [0.1, 0.15) is 5.75 Å². The molecule has 1 aromatic rings. The Morgan fingerprint density at radius 3 is 2.78 bits per heavy atom. The minimum absolute atomic E-state index is 0. The summed E-state index contributed by atoms with van der Waals surface area (Å²) in [6.07, 6.45) is -3.35. The molecule has 1 aromatic carbocycles. The number of aryl methyl sites for hydroxylation is 1. The lowest BCUT2D eigenvalue weighted by Crippen LogP contribution is -2.44. The first-order chi connectivity index (χ1) is 10.4. The van der Waals surface area contributed by atoms with Crippen LogP contribution in [-0.4, -0.2) is 36.8 Å². The number of rotatable bonds is 3. The molecule has 4 nitrogen and oxygen atoms in total. The highest BCUT2D eigenvalue weighted by Crippen LogP contribution is 2.41. The minimum atomic E-state index is -4.81. The second-order valence-corrected chi connectivity index (χ2v) is 5.57. The van der Waals surface area contributed by atoms with E-state index in [1.807, 2.05) is 13.0 Å². The topological polar surface area (TPSA) is 41.6 Å². The lowest BCUT2D eigenvalue weighted by Gasteiger charge is -2.30. The van der Waals surface area contributed by atoms with E-state index in [2.05, 4.69) is 10.1 Å². The van der Waals surface area contributed by atoms with E-state index in [1.54, 1.807) is 4.90 Å². The number of hydrogen-bond donors (Lipinski definition) is 1. The summed E-state index contributed by atoms with van der Waals surface area (Å²) in [4.78, 5) is 14.1. The molecule has 1 N–H and O–H groups in total. The number of halogens is 4. The number of benzene rings is 1. The maximum absolute atomic E-state index is 12.7. The molecule has 128 valence electrons. The molecule has 1 saturated heterocycles. The second kappa shape index (κ2) is 6.57. The average Bonchev–Trinajstić information content (AvgIpc) is 2.72. The van der Waals surface area contributed by atoms with Crippen LogP contribution in [0, 0.1) is 0 Å². The van der Waals surface area contributed by atoms with Crippen molar-refractivity contribution in [3.63, 3.8) is 0 Å². The average molecular weight is 351 g/mol. The van der Waals surface area contributed by atoms with Gasteiger partial charge >= 0.3 is 6.36 Å². The predicted molar refractivity (Wildman–Crippen MR) is 81.0 cm³/mol. The molecule has 1 atom stereocenters. The third kappa shape index (κ3) is 3.40. The molecule has 2 aliphatic rings. The van der Waals surface area contributed by atoms with Crippen molar-refractivity contribution in [2.24, 2.45) is 0 Å². The van der Waals surface area contributed by atoms with Crippen LogP contribution in [-0.2, 0) is 6.42 Å². The molecular weight excluding hydrogens is 333 g/mol. The zero-order valence-electron chi connectivity index (χ0n) is 12.6. The molecule has 2 aliphatic heterocycles. The van der Waals surface area contributed by atoms with Crippen molar-refractivity contribution < 1.29 is 22.7 Å². The highest BCUT2D eigenvalue weighted by molar-refractivity contribution is 6.02. The third-order valence-electron chi connectivity index (χ3n) is 4.03. The Morgan fingerprint density at radius 2 is 2.13 bits per heavy atom. The van der Waals surface area contributed by atoms with Crippen LogP contribution in [0.2, 0.25) is 0 Å². The van der Waals surface area contributed by atoms with Crippen LogP contribution >= 0.6 is 12.4 Å². The molecule has 2 heterocycles. The van der Waals surface area contributed by atoms with Crippen molar-refractivity contribution in [2.45, 2.75) is 32.2 Å². The molecule has 0 saturated carbocycles. The van der Waals surface area contributed by atoms with Crippen molar-refractivity contribution in [2.75, 3.05) is 19.6 Å². The summed E-state index contributed by atoms with van der Waals surface area (Å²) in [7, 11) is 0. The van der Waals surface area contributed by atoms with Crippen LogP contribution in [0.15, 0.2) is 12.1 Å². The molecular formula is C15H18ClF3N2O2. The molecule has 8 heteroatoms. The van der Waals surface area contributed by atoms with Crippen LogP contribution in [0.25, 0.3) is 0 Å². The van der Waals surface area contributed by atoms with Gasteiger partial charge in [0.15, 0.2) is 0 Å². The summed E-state index contributed by atoms with van der Waals surface area (Å²) in [5.74, 6) is -0.739. The molecule has 23 heavy (non-hydrogen) atoms. The number of ether oxygens (including phenoxy) is 1. The molecule has 0 bridgehead atoms. The van der Waals surface area contributed by atoms with Gasteiger partial charge in [-0.2, -0.15) is 0 Å². The van der Waals surface area contributed by atoms with Gasteiger partial charge in [0.05, 0.1) is 11.6 Å². The van der Waals surface area contributed by atoms with E-state index < -0.39 is 6.36 Å². The number of nitrogens with zero attached hydrogens (tertiary/aromatic N) is 1. The summed E-state index contributed by atoms with van der Waals surface area (Å²) < 4.78 is 42.1. The standard InChI is InChI=1S/C15H17F3N2O2.ClH/c1-2-3-9-6-10-11-8-19-4-5-20(11)14(21)13(10)12(7-9)22-15(16,17)18;/h6-7,11,19H,2-5,8H2,1H3;1H/t11-;/m0./s1. The number of fused-ring (bicyclic) bond motifs is 3. The van der Waals surface area contributed by atoms with E-state index in [-0.39, 0.29) is 35.7 Å². The van der Waals surface area contributed by atoms with Gasteiger partial charge < -0.3 is 15.0 Å². The summed E-state index contributed by atoms with van der Waals surface area (Å²) in [6.45, 7) is 3.65. The van der Waals surface area contributed by atoms with Crippen molar-refractivity contribution in [3.8, 4) is 5.75 Å². The van der Waals surface area contributed by atoms with Crippen molar-refractivity contribution >= 4 is 18.3 Å². The SMILES string of the molecule is CCCc1cc(OC(F)(F)F)c2c(c1)[C@@H]1CNCCN1C2=O.Cl. The van der Waals surface area contributed by atoms with E-state index in [0.29, 0.717) is 31.6 Å². The largest absolute Gasteiger partial charge is 0.573 e. The molecule has 0 spiro atoms. The smallest absolute Gasteiger partial charge is 0.405 e. The lowest BCUT2D eigenvalue weighted by molar-refractivity contribution is -0.274. The highest BCUT2D eigenvalue weighted by atomic mass is 35.5. The maximum atomic E-state index is 12.7. The zero-order valence-corrected chi connectivity index (χ0v) is 13.4. The zero-order chi connectivity index (χ0) is 15.9. The molecule has 0 radical (unpaired) electrons. The summed E-state index contributed by atoms with van der Waals surface area (Å²) in [6, 6.07) is 2.99. The van der Waals surface area contributed by atoms with E-state index in [4.69, 9.17) is 0 Å². The van der Waals surface area contributed by atoms with Crippen LogP contribution in [0.3, 0.4) is 0 Å².